The minimum atomic E-state index is -1.98. The van der Waals surface area contributed by atoms with Gasteiger partial charge in [-0.1, -0.05) is 176 Å². The number of hydrogen-bond donors (Lipinski definition) is 12. The quantitative estimate of drug-likeness (QED) is 0.0261. The Bertz CT molecular complexity index is 1810. The number of hydrogen-bond acceptors (Lipinski definition) is 18. The summed E-state index contributed by atoms with van der Waals surface area (Å²) in [5, 5.41) is 120. The highest BCUT2D eigenvalue weighted by atomic mass is 16.8. The lowest BCUT2D eigenvalue weighted by Crippen LogP contribution is -2.66. The van der Waals surface area contributed by atoms with Gasteiger partial charge in [-0.3, -0.25) is 4.79 Å². The fraction of sp³-hybridized carbons (Fsp3) is 0.758. The van der Waals surface area contributed by atoms with Crippen molar-refractivity contribution in [1.29, 1.82) is 0 Å². The van der Waals surface area contributed by atoms with Crippen LogP contribution in [0.3, 0.4) is 0 Å². The highest BCUT2D eigenvalue weighted by Crippen LogP contribution is 2.33. The molecule has 0 aliphatic carbocycles. The average Bonchev–Trinajstić information content (AvgIpc) is 3.47. The number of unbranched alkanes of at least 4 members (excludes halogenated alkanes) is 13. The summed E-state index contributed by atoms with van der Waals surface area (Å²) in [7, 11) is 0. The topological polar surface area (TPSA) is 307 Å². The van der Waals surface area contributed by atoms with Gasteiger partial charge in [0, 0.05) is 6.42 Å². The smallest absolute Gasteiger partial charge is 0.220 e. The van der Waals surface area contributed by atoms with E-state index in [4.69, 9.17) is 28.4 Å². The second kappa shape index (κ2) is 44.4. The highest BCUT2D eigenvalue weighted by molar-refractivity contribution is 5.76. The summed E-state index contributed by atoms with van der Waals surface area (Å²) >= 11 is 0. The molecule has 3 saturated heterocycles. The van der Waals surface area contributed by atoms with Gasteiger partial charge in [-0.05, 0) is 70.6 Å². The van der Waals surface area contributed by atoms with E-state index < -0.39 is 124 Å². The minimum Gasteiger partial charge on any atom is -0.394 e. The van der Waals surface area contributed by atoms with Crippen molar-refractivity contribution in [3.8, 4) is 0 Å². The van der Waals surface area contributed by atoms with Gasteiger partial charge < -0.3 is 89.9 Å². The molecule has 12 N–H and O–H groups in total. The third kappa shape index (κ3) is 28.1. The lowest BCUT2D eigenvalue weighted by molar-refractivity contribution is -0.379. The molecular weight excluding hydrogens is 1050 g/mol. The number of ether oxygens (including phenoxy) is 6. The number of nitrogens with one attached hydrogen (secondary N) is 1. The van der Waals surface area contributed by atoms with Gasteiger partial charge in [0.2, 0.25) is 5.91 Å². The summed E-state index contributed by atoms with van der Waals surface area (Å²) < 4.78 is 34.2. The van der Waals surface area contributed by atoms with E-state index in [9.17, 15) is 61.0 Å². The van der Waals surface area contributed by atoms with Crippen molar-refractivity contribution >= 4 is 5.91 Å². The van der Waals surface area contributed by atoms with Crippen LogP contribution in [-0.4, -0.2) is 193 Å². The predicted octanol–water partition coefficient (Wildman–Crippen LogP) is 5.59. The first-order chi connectivity index (χ1) is 39.3. The number of carbonyl (C=O) groups is 1. The first-order valence-corrected chi connectivity index (χ1v) is 30.3. The fourth-order valence-corrected chi connectivity index (χ4v) is 9.76. The molecule has 1 amide bonds. The molecule has 17 unspecified atom stereocenters. The zero-order valence-corrected chi connectivity index (χ0v) is 48.5. The maximum atomic E-state index is 13.3. The molecule has 0 spiro atoms. The van der Waals surface area contributed by atoms with Gasteiger partial charge in [-0.2, -0.15) is 0 Å². The molecule has 466 valence electrons. The summed E-state index contributed by atoms with van der Waals surface area (Å²) in [4.78, 5) is 13.3. The Morgan fingerprint density at radius 2 is 0.852 bits per heavy atom. The molecule has 19 heteroatoms. The minimum absolute atomic E-state index is 0.238. The summed E-state index contributed by atoms with van der Waals surface area (Å²) in [6.45, 7) is 1.60. The number of aliphatic hydroxyl groups excluding tert-OH is 11. The average molecular weight is 1150 g/mol. The van der Waals surface area contributed by atoms with Crippen molar-refractivity contribution < 1.29 is 89.4 Å². The molecule has 3 aliphatic heterocycles. The summed E-state index contributed by atoms with van der Waals surface area (Å²) in [6.07, 6.45) is 26.9. The Kier molecular flexibility index (Phi) is 39.6. The molecule has 3 fully saturated rings. The SMILES string of the molecule is CC/C=C\C/C=C\C/C=C\C/C=C\C/C=C\C/C=C\C/C=C\CCCCCCCC(=O)NC(COC1OC(CO)C(OC2OC(CO)C(OC3OC(CO)C(O)C(O)C3O)C(O)C2O)C(O)C1O)C(O)CCCCCCCCCCC. The number of carbonyl (C=O) groups excluding carboxylic acids is 1. The van der Waals surface area contributed by atoms with Crippen LogP contribution >= 0.6 is 0 Å². The zero-order valence-electron chi connectivity index (χ0n) is 48.5. The van der Waals surface area contributed by atoms with E-state index in [2.05, 4.69) is 104 Å². The number of rotatable bonds is 43. The van der Waals surface area contributed by atoms with Gasteiger partial charge in [0.15, 0.2) is 18.9 Å². The maximum absolute atomic E-state index is 13.3. The molecule has 3 aliphatic rings. The van der Waals surface area contributed by atoms with E-state index in [0.29, 0.717) is 19.3 Å². The Hall–Kier alpha value is -3.03. The van der Waals surface area contributed by atoms with E-state index in [1.54, 1.807) is 0 Å². The van der Waals surface area contributed by atoms with Crippen LogP contribution in [0.25, 0.3) is 0 Å². The van der Waals surface area contributed by atoms with Crippen molar-refractivity contribution in [2.75, 3.05) is 26.4 Å². The van der Waals surface area contributed by atoms with E-state index in [0.717, 1.165) is 103 Å². The van der Waals surface area contributed by atoms with Crippen LogP contribution in [0.1, 0.15) is 168 Å². The van der Waals surface area contributed by atoms with Crippen LogP contribution in [0.5, 0.6) is 0 Å². The molecule has 0 aromatic carbocycles. The molecule has 0 radical (unpaired) electrons. The van der Waals surface area contributed by atoms with E-state index in [1.165, 1.54) is 25.7 Å². The van der Waals surface area contributed by atoms with Gasteiger partial charge in [-0.15, -0.1) is 0 Å². The Morgan fingerprint density at radius 3 is 1.33 bits per heavy atom. The second-order valence-electron chi connectivity index (χ2n) is 21.4. The number of aliphatic hydroxyl groups is 11. The third-order valence-corrected chi connectivity index (χ3v) is 14.7. The third-order valence-electron chi connectivity index (χ3n) is 14.7. The Morgan fingerprint density at radius 1 is 0.457 bits per heavy atom. The van der Waals surface area contributed by atoms with Crippen LogP contribution < -0.4 is 5.32 Å². The van der Waals surface area contributed by atoms with Gasteiger partial charge >= 0.3 is 0 Å². The lowest BCUT2D eigenvalue weighted by Gasteiger charge is -2.48. The van der Waals surface area contributed by atoms with Crippen LogP contribution in [0, 0.1) is 0 Å². The monoisotopic (exact) mass is 1150 g/mol. The lowest BCUT2D eigenvalue weighted by atomic mass is 9.96. The van der Waals surface area contributed by atoms with Crippen molar-refractivity contribution in [3.63, 3.8) is 0 Å². The van der Waals surface area contributed by atoms with Crippen molar-refractivity contribution in [2.45, 2.75) is 272 Å². The first kappa shape index (κ1) is 72.2. The molecule has 3 heterocycles. The normalized spacial score (nSPS) is 30.4. The molecule has 81 heavy (non-hydrogen) atoms. The van der Waals surface area contributed by atoms with Crippen molar-refractivity contribution in [2.24, 2.45) is 0 Å². The van der Waals surface area contributed by atoms with E-state index in [-0.39, 0.29) is 18.9 Å². The van der Waals surface area contributed by atoms with Crippen LogP contribution in [0.2, 0.25) is 0 Å². The van der Waals surface area contributed by atoms with Crippen LogP contribution in [-0.2, 0) is 33.2 Å². The van der Waals surface area contributed by atoms with Gasteiger partial charge in [0.05, 0.1) is 38.6 Å². The molecule has 0 bridgehead atoms. The zero-order chi connectivity index (χ0) is 59.0. The second-order valence-corrected chi connectivity index (χ2v) is 21.4. The molecule has 17 atom stereocenters. The van der Waals surface area contributed by atoms with Crippen molar-refractivity contribution in [1.82, 2.24) is 5.32 Å². The number of amides is 1. The molecular formula is C62H105NO18. The fourth-order valence-electron chi connectivity index (χ4n) is 9.76. The number of allylic oxidation sites excluding steroid dienone is 14. The first-order valence-electron chi connectivity index (χ1n) is 30.3. The molecule has 0 aromatic heterocycles. The largest absolute Gasteiger partial charge is 0.394 e. The summed E-state index contributed by atoms with van der Waals surface area (Å²) in [6, 6.07) is -0.901. The van der Waals surface area contributed by atoms with E-state index >= 15 is 0 Å². The van der Waals surface area contributed by atoms with Crippen LogP contribution in [0.4, 0.5) is 0 Å². The maximum Gasteiger partial charge on any atom is 0.220 e. The molecule has 0 aromatic rings. The highest BCUT2D eigenvalue weighted by Gasteiger charge is 2.53. The Balaban J connectivity index is 1.43. The van der Waals surface area contributed by atoms with Gasteiger partial charge in [0.25, 0.3) is 0 Å². The summed E-state index contributed by atoms with van der Waals surface area (Å²) in [5.74, 6) is -0.269. The molecule has 19 nitrogen and oxygen atoms in total. The standard InChI is InChI=1S/C62H105NO18/c1-3-5-7-9-11-13-14-15-16-17-18-19-20-21-22-23-24-25-26-27-28-29-30-32-34-36-38-40-50(68)63-45(46(67)39-37-35-33-31-12-10-8-6-4-2)44-76-60-56(74)53(71)58(48(42-65)78-60)81-62-57(75)54(72)59(49(43-66)79-62)80-61-55(73)52(70)51(69)47(41-64)77-61/h5,7,11,13,15-16,18-19,21-22,24-25,27-28,45-49,51-62,64-67,69-75H,3-4,6,8-10,12,14,17,20,23,26,29-44H2,1-2H3,(H,63,68)/b7-5-,13-11-,16-15-,19-18-,22-21-,25-24-,28-27-. The van der Waals surface area contributed by atoms with Crippen LogP contribution in [0.15, 0.2) is 85.1 Å². The van der Waals surface area contributed by atoms with E-state index in [1.807, 2.05) is 0 Å². The molecule has 3 rings (SSSR count). The summed E-state index contributed by atoms with van der Waals surface area (Å²) in [5.41, 5.74) is 0. The van der Waals surface area contributed by atoms with Gasteiger partial charge in [0.1, 0.15) is 73.2 Å². The van der Waals surface area contributed by atoms with Gasteiger partial charge in [-0.25, -0.2) is 0 Å². The Labute approximate surface area is 482 Å². The van der Waals surface area contributed by atoms with Crippen molar-refractivity contribution in [3.05, 3.63) is 85.1 Å². The predicted molar refractivity (Wildman–Crippen MR) is 309 cm³/mol. The molecule has 0 saturated carbocycles.